The van der Waals surface area contributed by atoms with E-state index in [4.69, 9.17) is 4.98 Å². The number of rotatable bonds is 5. The van der Waals surface area contributed by atoms with E-state index in [1.807, 2.05) is 13.8 Å². The Morgan fingerprint density at radius 1 is 1.22 bits per heavy atom. The molecule has 3 aromatic rings. The van der Waals surface area contributed by atoms with Crippen LogP contribution in [0.5, 0.6) is 0 Å². The van der Waals surface area contributed by atoms with Crippen LogP contribution in [0.1, 0.15) is 61.4 Å². The minimum absolute atomic E-state index is 0.179. The van der Waals surface area contributed by atoms with Gasteiger partial charge in [-0.05, 0) is 50.3 Å². The summed E-state index contributed by atoms with van der Waals surface area (Å²) in [6.45, 7) is 9.90. The van der Waals surface area contributed by atoms with Crippen LogP contribution in [0.15, 0.2) is 35.1 Å². The van der Waals surface area contributed by atoms with Crippen LogP contribution in [0, 0.1) is 12.3 Å². The standard InChI is InChI=1S/C24H29N5O3/c1-14-13-17-20(27-23(28-21(17)30)29-11-9-24(3,4)10-12-29)19(25-14)15(2)26-18-8-6-5-7-16(18)22(31)32/h5-8,13,15,26H,9-12H2,1-4H3,(H,31,32)(H,27,28,30)/t15-/m1/s1. The number of nitrogens with one attached hydrogen (secondary N) is 2. The third kappa shape index (κ3) is 4.30. The number of carboxylic acids is 1. The van der Waals surface area contributed by atoms with E-state index < -0.39 is 5.97 Å². The average molecular weight is 436 g/mol. The number of H-pyrrole nitrogens is 1. The number of carboxylic acid groups (broad SMARTS) is 1. The summed E-state index contributed by atoms with van der Waals surface area (Å²) in [4.78, 5) is 39.1. The molecule has 1 aromatic carbocycles. The van der Waals surface area contributed by atoms with Crippen LogP contribution in [-0.2, 0) is 0 Å². The first-order valence-corrected chi connectivity index (χ1v) is 10.9. The van der Waals surface area contributed by atoms with Crippen molar-refractivity contribution >= 4 is 28.5 Å². The van der Waals surface area contributed by atoms with Gasteiger partial charge in [0.1, 0.15) is 5.52 Å². The van der Waals surface area contributed by atoms with E-state index in [1.54, 1.807) is 30.3 Å². The normalized spacial score (nSPS) is 16.7. The molecule has 1 fully saturated rings. The highest BCUT2D eigenvalue weighted by Gasteiger charge is 2.27. The molecule has 0 amide bonds. The maximum Gasteiger partial charge on any atom is 0.337 e. The molecule has 4 rings (SSSR count). The van der Waals surface area contributed by atoms with E-state index in [0.717, 1.165) is 25.9 Å². The van der Waals surface area contributed by atoms with Crippen LogP contribution in [0.2, 0.25) is 0 Å². The van der Waals surface area contributed by atoms with Gasteiger partial charge in [0.05, 0.1) is 22.7 Å². The van der Waals surface area contributed by atoms with Crippen LogP contribution in [0.4, 0.5) is 11.6 Å². The minimum atomic E-state index is -1.01. The second kappa shape index (κ2) is 8.26. The van der Waals surface area contributed by atoms with Gasteiger partial charge in [0.25, 0.3) is 5.56 Å². The third-order valence-corrected chi connectivity index (χ3v) is 6.19. The molecule has 1 aliphatic rings. The number of pyridine rings is 1. The second-order valence-corrected chi connectivity index (χ2v) is 9.30. The molecule has 1 aliphatic heterocycles. The predicted octanol–water partition coefficient (Wildman–Crippen LogP) is 4.12. The van der Waals surface area contributed by atoms with Gasteiger partial charge in [-0.25, -0.2) is 9.78 Å². The van der Waals surface area contributed by atoms with Gasteiger partial charge < -0.3 is 15.3 Å². The summed E-state index contributed by atoms with van der Waals surface area (Å²) < 4.78 is 0. The molecule has 0 unspecified atom stereocenters. The fourth-order valence-electron chi connectivity index (χ4n) is 4.16. The van der Waals surface area contributed by atoms with Crippen molar-refractivity contribution in [2.24, 2.45) is 5.41 Å². The third-order valence-electron chi connectivity index (χ3n) is 6.19. The zero-order chi connectivity index (χ0) is 23.0. The molecule has 1 saturated heterocycles. The van der Waals surface area contributed by atoms with E-state index in [1.165, 1.54) is 0 Å². The molecule has 32 heavy (non-hydrogen) atoms. The van der Waals surface area contributed by atoms with Crippen LogP contribution in [0.25, 0.3) is 10.9 Å². The van der Waals surface area contributed by atoms with Crippen molar-refractivity contribution in [3.8, 4) is 0 Å². The largest absolute Gasteiger partial charge is 0.478 e. The van der Waals surface area contributed by atoms with Crippen molar-refractivity contribution in [1.29, 1.82) is 0 Å². The van der Waals surface area contributed by atoms with E-state index in [-0.39, 0.29) is 22.6 Å². The number of aromatic amines is 1. The van der Waals surface area contributed by atoms with Crippen molar-refractivity contribution in [3.05, 3.63) is 57.6 Å². The topological polar surface area (TPSA) is 111 Å². The zero-order valence-corrected chi connectivity index (χ0v) is 18.9. The Kier molecular flexibility index (Phi) is 5.62. The number of nitrogens with zero attached hydrogens (tertiary/aromatic N) is 3. The maximum atomic E-state index is 13.0. The van der Waals surface area contributed by atoms with Crippen molar-refractivity contribution < 1.29 is 9.90 Å². The minimum Gasteiger partial charge on any atom is -0.478 e. The van der Waals surface area contributed by atoms with Crippen molar-refractivity contribution in [2.75, 3.05) is 23.3 Å². The number of para-hydroxylation sites is 1. The number of aromatic carboxylic acids is 1. The summed E-state index contributed by atoms with van der Waals surface area (Å²) in [5.41, 5.74) is 2.61. The number of aryl methyl sites for hydroxylation is 1. The Bertz CT molecular complexity index is 1220. The number of hydrogen-bond acceptors (Lipinski definition) is 6. The SMILES string of the molecule is Cc1cc2c(=O)[nH]c(N3CCC(C)(C)CC3)nc2c([C@@H](C)Nc2ccccc2C(=O)O)n1. The lowest BCUT2D eigenvalue weighted by Crippen LogP contribution is -2.39. The maximum absolute atomic E-state index is 13.0. The Hall–Kier alpha value is -3.42. The van der Waals surface area contributed by atoms with Gasteiger partial charge >= 0.3 is 5.97 Å². The van der Waals surface area contributed by atoms with E-state index in [0.29, 0.717) is 33.9 Å². The molecule has 0 radical (unpaired) electrons. The van der Waals surface area contributed by atoms with Crippen molar-refractivity contribution in [2.45, 2.75) is 46.6 Å². The van der Waals surface area contributed by atoms with Gasteiger partial charge in [0.2, 0.25) is 5.95 Å². The number of anilines is 2. The van der Waals surface area contributed by atoms with Gasteiger partial charge in [-0.2, -0.15) is 0 Å². The molecule has 8 nitrogen and oxygen atoms in total. The predicted molar refractivity (Wildman–Crippen MR) is 126 cm³/mol. The summed E-state index contributed by atoms with van der Waals surface area (Å²) in [5.74, 6) is -0.449. The lowest BCUT2D eigenvalue weighted by Gasteiger charge is -2.37. The number of hydrogen-bond donors (Lipinski definition) is 3. The fourth-order valence-corrected chi connectivity index (χ4v) is 4.16. The molecular formula is C24H29N5O3. The summed E-state index contributed by atoms with van der Waals surface area (Å²) >= 11 is 0. The first-order valence-electron chi connectivity index (χ1n) is 10.9. The monoisotopic (exact) mass is 435 g/mol. The van der Waals surface area contributed by atoms with Crippen LogP contribution >= 0.6 is 0 Å². The fraction of sp³-hybridized carbons (Fsp3) is 0.417. The Morgan fingerprint density at radius 2 is 1.91 bits per heavy atom. The zero-order valence-electron chi connectivity index (χ0n) is 18.9. The number of fused-ring (bicyclic) bond motifs is 1. The molecule has 0 spiro atoms. The van der Waals surface area contributed by atoms with E-state index in [9.17, 15) is 14.7 Å². The number of piperidine rings is 1. The van der Waals surface area contributed by atoms with Gasteiger partial charge in [0, 0.05) is 24.5 Å². The van der Waals surface area contributed by atoms with Crippen LogP contribution < -0.4 is 15.8 Å². The lowest BCUT2D eigenvalue weighted by molar-refractivity contribution is 0.0698. The molecule has 8 heteroatoms. The average Bonchev–Trinajstić information content (AvgIpc) is 2.74. The molecule has 0 bridgehead atoms. The Morgan fingerprint density at radius 3 is 2.59 bits per heavy atom. The molecule has 0 aliphatic carbocycles. The Balaban J connectivity index is 1.75. The molecule has 2 aromatic heterocycles. The second-order valence-electron chi connectivity index (χ2n) is 9.30. The number of benzene rings is 1. The van der Waals surface area contributed by atoms with E-state index >= 15 is 0 Å². The molecule has 1 atom stereocenters. The quantitative estimate of drug-likeness (QED) is 0.553. The molecule has 3 N–H and O–H groups in total. The molecule has 3 heterocycles. The lowest BCUT2D eigenvalue weighted by atomic mass is 9.83. The summed E-state index contributed by atoms with van der Waals surface area (Å²) in [5, 5.41) is 13.2. The summed E-state index contributed by atoms with van der Waals surface area (Å²) in [6, 6.07) is 8.12. The number of carbonyl (C=O) groups is 1. The molecule has 0 saturated carbocycles. The first kappa shape index (κ1) is 21.8. The smallest absolute Gasteiger partial charge is 0.337 e. The molecular weight excluding hydrogens is 406 g/mol. The van der Waals surface area contributed by atoms with E-state index in [2.05, 4.69) is 34.0 Å². The highest BCUT2D eigenvalue weighted by Crippen LogP contribution is 2.32. The number of aromatic nitrogens is 3. The molecule has 168 valence electrons. The van der Waals surface area contributed by atoms with Crippen molar-refractivity contribution in [1.82, 2.24) is 15.0 Å². The summed E-state index contributed by atoms with van der Waals surface area (Å²) in [6.07, 6.45) is 2.05. The van der Waals surface area contributed by atoms with Crippen LogP contribution in [0.3, 0.4) is 0 Å². The van der Waals surface area contributed by atoms with Crippen LogP contribution in [-0.4, -0.2) is 39.1 Å². The Labute approximate surface area is 186 Å². The van der Waals surface area contributed by atoms with Crippen molar-refractivity contribution in [3.63, 3.8) is 0 Å². The van der Waals surface area contributed by atoms with Gasteiger partial charge in [-0.15, -0.1) is 0 Å². The highest BCUT2D eigenvalue weighted by atomic mass is 16.4. The highest BCUT2D eigenvalue weighted by molar-refractivity contribution is 5.94. The van der Waals surface area contributed by atoms with Gasteiger partial charge in [0.15, 0.2) is 0 Å². The first-order chi connectivity index (χ1) is 15.1. The summed E-state index contributed by atoms with van der Waals surface area (Å²) in [7, 11) is 0. The van der Waals surface area contributed by atoms with Gasteiger partial charge in [-0.3, -0.25) is 14.8 Å². The van der Waals surface area contributed by atoms with Gasteiger partial charge in [-0.1, -0.05) is 26.0 Å².